The maximum atomic E-state index is 13.3. The lowest BCUT2D eigenvalue weighted by atomic mass is 10.1. The van der Waals surface area contributed by atoms with Crippen molar-refractivity contribution in [1.82, 2.24) is 0 Å². The fourth-order valence-electron chi connectivity index (χ4n) is 3.71. The minimum atomic E-state index is -3.80. The van der Waals surface area contributed by atoms with E-state index in [2.05, 4.69) is 0 Å². The van der Waals surface area contributed by atoms with Gasteiger partial charge < -0.3 is 9.80 Å². The maximum absolute atomic E-state index is 13.3. The first kappa shape index (κ1) is 20.1. The van der Waals surface area contributed by atoms with E-state index in [0.29, 0.717) is 13.1 Å². The van der Waals surface area contributed by atoms with Crippen molar-refractivity contribution in [3.63, 3.8) is 0 Å². The number of amides is 1. The third kappa shape index (κ3) is 4.37. The molecule has 6 nitrogen and oxygen atoms in total. The topological polar surface area (TPSA) is 83.7 Å². The van der Waals surface area contributed by atoms with Gasteiger partial charge in [0.05, 0.1) is 18.0 Å². The molecular weight excluding hydrogens is 398 g/mol. The van der Waals surface area contributed by atoms with Crippen molar-refractivity contribution in [2.24, 2.45) is 5.14 Å². The van der Waals surface area contributed by atoms with Crippen LogP contribution in [0.4, 0.5) is 11.4 Å². The molecule has 1 amide bonds. The molecule has 0 saturated heterocycles. The van der Waals surface area contributed by atoms with Gasteiger partial charge in [-0.15, -0.1) is 0 Å². The number of sulfonamides is 1. The summed E-state index contributed by atoms with van der Waals surface area (Å²) < 4.78 is 23.5. The van der Waals surface area contributed by atoms with Crippen LogP contribution in [0.2, 0.25) is 0 Å². The summed E-state index contributed by atoms with van der Waals surface area (Å²) in [5.41, 5.74) is 3.63. The Bertz CT molecular complexity index is 1150. The molecule has 2 N–H and O–H groups in total. The molecule has 0 spiro atoms. The molecule has 0 aromatic heterocycles. The van der Waals surface area contributed by atoms with Crippen LogP contribution in [0.3, 0.4) is 0 Å². The summed E-state index contributed by atoms with van der Waals surface area (Å²) in [6, 6.07) is 24.3. The first-order chi connectivity index (χ1) is 14.4. The van der Waals surface area contributed by atoms with Gasteiger partial charge in [0.25, 0.3) is 0 Å². The number of anilines is 2. The quantitative estimate of drug-likeness (QED) is 0.663. The van der Waals surface area contributed by atoms with E-state index in [9.17, 15) is 13.2 Å². The van der Waals surface area contributed by atoms with Crippen LogP contribution in [-0.4, -0.2) is 27.4 Å². The first-order valence-corrected chi connectivity index (χ1v) is 11.3. The molecule has 0 unspecified atom stereocenters. The van der Waals surface area contributed by atoms with Crippen molar-refractivity contribution in [3.05, 3.63) is 90.0 Å². The second-order valence-electron chi connectivity index (χ2n) is 7.31. The average molecular weight is 422 g/mol. The Kier molecular flexibility index (Phi) is 5.57. The lowest BCUT2D eigenvalue weighted by molar-refractivity contribution is -0.117. The van der Waals surface area contributed by atoms with Crippen molar-refractivity contribution >= 4 is 27.3 Å². The van der Waals surface area contributed by atoms with Crippen molar-refractivity contribution in [3.8, 4) is 0 Å². The van der Waals surface area contributed by atoms with Crippen molar-refractivity contribution < 1.29 is 13.2 Å². The largest absolute Gasteiger partial charge is 0.362 e. The smallest absolute Gasteiger partial charge is 0.246 e. The van der Waals surface area contributed by atoms with Gasteiger partial charge in [-0.05, 0) is 41.8 Å². The summed E-state index contributed by atoms with van der Waals surface area (Å²) in [5.74, 6) is -0.0566. The highest BCUT2D eigenvalue weighted by atomic mass is 32.2. The molecular formula is C23H23N3O3S. The van der Waals surface area contributed by atoms with Crippen LogP contribution in [-0.2, 0) is 27.8 Å². The number of nitrogens with zero attached hydrogens (tertiary/aromatic N) is 2. The van der Waals surface area contributed by atoms with Crippen molar-refractivity contribution in [2.75, 3.05) is 22.9 Å². The maximum Gasteiger partial charge on any atom is 0.246 e. The zero-order valence-corrected chi connectivity index (χ0v) is 17.3. The number of nitrogens with two attached hydrogens (primary N) is 1. The van der Waals surface area contributed by atoms with Crippen LogP contribution in [0.1, 0.15) is 11.1 Å². The van der Waals surface area contributed by atoms with Gasteiger partial charge in [0.2, 0.25) is 15.9 Å². The van der Waals surface area contributed by atoms with Crippen LogP contribution >= 0.6 is 0 Å². The van der Waals surface area contributed by atoms with E-state index in [1.165, 1.54) is 6.07 Å². The van der Waals surface area contributed by atoms with Gasteiger partial charge in [0, 0.05) is 17.9 Å². The second-order valence-corrected chi connectivity index (χ2v) is 8.87. The summed E-state index contributed by atoms with van der Waals surface area (Å²) in [6.45, 7) is 1.27. The number of carbonyl (C=O) groups excluding carboxylic acids is 1. The number of rotatable bonds is 6. The van der Waals surface area contributed by atoms with E-state index in [1.54, 1.807) is 17.0 Å². The molecule has 0 atom stereocenters. The summed E-state index contributed by atoms with van der Waals surface area (Å²) in [7, 11) is -3.80. The van der Waals surface area contributed by atoms with Crippen LogP contribution in [0.5, 0.6) is 0 Å². The minimum Gasteiger partial charge on any atom is -0.362 e. The second kappa shape index (κ2) is 8.30. The molecule has 0 bridgehead atoms. The zero-order chi connectivity index (χ0) is 21.1. The van der Waals surface area contributed by atoms with E-state index >= 15 is 0 Å². The summed E-state index contributed by atoms with van der Waals surface area (Å²) >= 11 is 0. The zero-order valence-electron chi connectivity index (χ0n) is 16.4. The highest BCUT2D eigenvalue weighted by Crippen LogP contribution is 2.30. The molecule has 3 aromatic carbocycles. The fraction of sp³-hybridized carbons (Fsp3) is 0.174. The number of hydrogen-bond acceptors (Lipinski definition) is 4. The van der Waals surface area contributed by atoms with Gasteiger partial charge in [-0.2, -0.15) is 0 Å². The third-order valence-corrected chi connectivity index (χ3v) is 6.17. The molecule has 7 heteroatoms. The lowest BCUT2D eigenvalue weighted by Crippen LogP contribution is -2.39. The summed E-state index contributed by atoms with van der Waals surface area (Å²) in [6.07, 6.45) is 0.761. The predicted molar refractivity (Wildman–Crippen MR) is 118 cm³/mol. The number of para-hydroxylation sites is 1. The fourth-order valence-corrected chi connectivity index (χ4v) is 4.25. The summed E-state index contributed by atoms with van der Waals surface area (Å²) in [4.78, 5) is 17.1. The van der Waals surface area contributed by atoms with Crippen molar-refractivity contribution in [2.45, 2.75) is 17.9 Å². The first-order valence-electron chi connectivity index (χ1n) is 9.72. The van der Waals surface area contributed by atoms with Gasteiger partial charge in [0.1, 0.15) is 0 Å². The minimum absolute atomic E-state index is 0.0566. The van der Waals surface area contributed by atoms with Gasteiger partial charge >= 0.3 is 0 Å². The predicted octanol–water partition coefficient (Wildman–Crippen LogP) is 2.93. The van der Waals surface area contributed by atoms with E-state index in [4.69, 9.17) is 5.14 Å². The van der Waals surface area contributed by atoms with Gasteiger partial charge in [-0.3, -0.25) is 4.79 Å². The number of hydrogen-bond donors (Lipinski definition) is 1. The Hall–Kier alpha value is -3.16. The van der Waals surface area contributed by atoms with E-state index in [0.717, 1.165) is 28.9 Å². The number of carbonyl (C=O) groups is 1. The standard InChI is InChI=1S/C23H23N3O3S/c24-30(28,29)21-12-11-19-13-14-25(22(19)15-21)17-23(27)26(20-9-5-2-6-10-20)16-18-7-3-1-4-8-18/h1-12,15H,13-14,16-17H2,(H2,24,28,29). The molecule has 154 valence electrons. The lowest BCUT2D eigenvalue weighted by Gasteiger charge is -2.27. The molecule has 0 saturated carbocycles. The highest BCUT2D eigenvalue weighted by Gasteiger charge is 2.26. The molecule has 0 fully saturated rings. The highest BCUT2D eigenvalue weighted by molar-refractivity contribution is 7.89. The van der Waals surface area contributed by atoms with Crippen LogP contribution < -0.4 is 14.9 Å². The van der Waals surface area contributed by atoms with Crippen molar-refractivity contribution in [1.29, 1.82) is 0 Å². The molecule has 1 heterocycles. The molecule has 1 aliphatic rings. The Labute approximate surface area is 176 Å². The number of fused-ring (bicyclic) bond motifs is 1. The average Bonchev–Trinajstić information content (AvgIpc) is 3.15. The van der Waals surface area contributed by atoms with Crippen LogP contribution in [0, 0.1) is 0 Å². The molecule has 4 rings (SSSR count). The monoisotopic (exact) mass is 421 g/mol. The number of primary sulfonamides is 1. The molecule has 0 aliphatic carbocycles. The van der Waals surface area contributed by atoms with Crippen LogP contribution in [0.25, 0.3) is 0 Å². The van der Waals surface area contributed by atoms with E-state index < -0.39 is 10.0 Å². The summed E-state index contributed by atoms with van der Waals surface area (Å²) in [5, 5.41) is 5.29. The third-order valence-electron chi connectivity index (χ3n) is 5.26. The normalized spacial score (nSPS) is 13.2. The Morgan fingerprint density at radius 2 is 1.63 bits per heavy atom. The van der Waals surface area contributed by atoms with Crippen LogP contribution in [0.15, 0.2) is 83.8 Å². The molecule has 1 aliphatic heterocycles. The molecule has 0 radical (unpaired) electrons. The Morgan fingerprint density at radius 3 is 2.30 bits per heavy atom. The van der Waals surface area contributed by atoms with E-state index in [-0.39, 0.29) is 17.3 Å². The molecule has 3 aromatic rings. The number of benzene rings is 3. The molecule has 30 heavy (non-hydrogen) atoms. The SMILES string of the molecule is NS(=O)(=O)c1ccc2c(c1)N(CC(=O)N(Cc1ccccc1)c1ccccc1)CC2. The van der Waals surface area contributed by atoms with Gasteiger partial charge in [-0.1, -0.05) is 54.6 Å². The Balaban J connectivity index is 1.60. The van der Waals surface area contributed by atoms with Gasteiger partial charge in [-0.25, -0.2) is 13.6 Å². The van der Waals surface area contributed by atoms with Gasteiger partial charge in [0.15, 0.2) is 0 Å². The Morgan fingerprint density at radius 1 is 0.967 bits per heavy atom. The van der Waals surface area contributed by atoms with E-state index in [1.807, 2.05) is 65.6 Å².